The van der Waals surface area contributed by atoms with Crippen LogP contribution in [0.5, 0.6) is 0 Å². The number of hydrogen-bond acceptors (Lipinski definition) is 9. The molecular weight excluding hydrogens is 428 g/mol. The Morgan fingerprint density at radius 2 is 1.97 bits per heavy atom. The SMILES string of the molecule is CC(C)(C)c1nc(Nc2nc(Nc3ccc4[nH]ncc4c3)c3sccc3n2)sc1C#N. The van der Waals surface area contributed by atoms with E-state index in [1.807, 2.05) is 50.4 Å². The fraction of sp³-hybridized carbons (Fsp3) is 0.190. The molecule has 0 fully saturated rings. The molecule has 4 heterocycles. The van der Waals surface area contributed by atoms with E-state index in [0.29, 0.717) is 21.8 Å². The van der Waals surface area contributed by atoms with Gasteiger partial charge in [0.2, 0.25) is 5.95 Å². The third-order valence-corrected chi connectivity index (χ3v) is 6.45. The molecule has 5 rings (SSSR count). The average molecular weight is 447 g/mol. The van der Waals surface area contributed by atoms with Gasteiger partial charge in [-0.05, 0) is 29.6 Å². The minimum atomic E-state index is -0.224. The zero-order valence-electron chi connectivity index (χ0n) is 17.0. The Hall–Kier alpha value is -3.55. The highest BCUT2D eigenvalue weighted by molar-refractivity contribution is 7.17. The average Bonchev–Trinajstić information content (AvgIpc) is 3.46. The molecule has 0 atom stereocenters. The zero-order valence-corrected chi connectivity index (χ0v) is 18.6. The Labute approximate surface area is 186 Å². The van der Waals surface area contributed by atoms with Gasteiger partial charge in [-0.15, -0.1) is 11.3 Å². The first kappa shape index (κ1) is 19.4. The summed E-state index contributed by atoms with van der Waals surface area (Å²) in [5.74, 6) is 1.13. The maximum absolute atomic E-state index is 9.49. The zero-order chi connectivity index (χ0) is 21.6. The van der Waals surface area contributed by atoms with Crippen molar-refractivity contribution in [1.82, 2.24) is 25.1 Å². The Kier molecular flexibility index (Phi) is 4.57. The van der Waals surface area contributed by atoms with Crippen molar-refractivity contribution < 1.29 is 0 Å². The lowest BCUT2D eigenvalue weighted by Crippen LogP contribution is -2.13. The molecule has 0 aliphatic carbocycles. The van der Waals surface area contributed by atoms with Gasteiger partial charge in [-0.2, -0.15) is 15.3 Å². The Morgan fingerprint density at radius 1 is 1.10 bits per heavy atom. The summed E-state index contributed by atoms with van der Waals surface area (Å²) in [5.41, 5.74) is 3.26. The van der Waals surface area contributed by atoms with Crippen LogP contribution in [0.15, 0.2) is 35.8 Å². The quantitative estimate of drug-likeness (QED) is 0.325. The molecule has 0 radical (unpaired) electrons. The largest absolute Gasteiger partial charge is 0.339 e. The highest BCUT2D eigenvalue weighted by atomic mass is 32.1. The highest BCUT2D eigenvalue weighted by Gasteiger charge is 2.24. The van der Waals surface area contributed by atoms with Crippen molar-refractivity contribution in [3.63, 3.8) is 0 Å². The number of rotatable bonds is 4. The van der Waals surface area contributed by atoms with E-state index < -0.39 is 0 Å². The number of nitrogens with zero attached hydrogens (tertiary/aromatic N) is 5. The Bertz CT molecular complexity index is 1450. The van der Waals surface area contributed by atoms with Crippen LogP contribution in [-0.4, -0.2) is 25.1 Å². The smallest absolute Gasteiger partial charge is 0.231 e. The molecule has 0 saturated carbocycles. The molecule has 154 valence electrons. The first-order valence-corrected chi connectivity index (χ1v) is 11.2. The van der Waals surface area contributed by atoms with Gasteiger partial charge in [-0.1, -0.05) is 32.1 Å². The maximum atomic E-state index is 9.49. The lowest BCUT2D eigenvalue weighted by atomic mass is 9.91. The van der Waals surface area contributed by atoms with E-state index in [9.17, 15) is 5.26 Å². The second-order valence-electron chi connectivity index (χ2n) is 8.01. The molecule has 1 aromatic carbocycles. The maximum Gasteiger partial charge on any atom is 0.231 e. The number of benzene rings is 1. The molecule has 8 nitrogen and oxygen atoms in total. The molecule has 0 aliphatic rings. The van der Waals surface area contributed by atoms with Crippen LogP contribution in [0.25, 0.3) is 21.1 Å². The number of aromatic amines is 1. The number of H-pyrrole nitrogens is 1. The van der Waals surface area contributed by atoms with Crippen molar-refractivity contribution >= 4 is 66.4 Å². The lowest BCUT2D eigenvalue weighted by molar-refractivity contribution is 0.572. The summed E-state index contributed by atoms with van der Waals surface area (Å²) in [4.78, 5) is 14.5. The minimum Gasteiger partial charge on any atom is -0.339 e. The molecule has 0 spiro atoms. The first-order chi connectivity index (χ1) is 14.9. The van der Waals surface area contributed by atoms with Crippen molar-refractivity contribution in [2.24, 2.45) is 0 Å². The number of nitrogens with one attached hydrogen (secondary N) is 3. The van der Waals surface area contributed by atoms with E-state index >= 15 is 0 Å². The topological polar surface area (TPSA) is 115 Å². The number of fused-ring (bicyclic) bond motifs is 2. The van der Waals surface area contributed by atoms with E-state index in [2.05, 4.69) is 36.9 Å². The standard InChI is InChI=1S/C21H18N8S2/c1-21(2,3)17-15(9-22)31-20(26-17)28-19-25-14-6-7-30-16(14)18(27-19)24-12-4-5-13-11(8-12)10-23-29-13/h4-8,10H,1-3H3,(H,23,29)(H2,24,25,26,27,28). The van der Waals surface area contributed by atoms with E-state index in [-0.39, 0.29) is 5.41 Å². The van der Waals surface area contributed by atoms with Crippen LogP contribution in [0.4, 0.5) is 22.6 Å². The van der Waals surface area contributed by atoms with Crippen LogP contribution in [-0.2, 0) is 5.41 Å². The van der Waals surface area contributed by atoms with Crippen molar-refractivity contribution in [3.05, 3.63) is 46.4 Å². The van der Waals surface area contributed by atoms with Gasteiger partial charge in [-0.3, -0.25) is 10.4 Å². The second-order valence-corrected chi connectivity index (χ2v) is 9.93. The fourth-order valence-electron chi connectivity index (χ4n) is 3.21. The van der Waals surface area contributed by atoms with Gasteiger partial charge in [0, 0.05) is 16.5 Å². The monoisotopic (exact) mass is 446 g/mol. The summed E-state index contributed by atoms with van der Waals surface area (Å²) >= 11 is 2.89. The van der Waals surface area contributed by atoms with E-state index in [0.717, 1.165) is 32.5 Å². The number of hydrogen-bond donors (Lipinski definition) is 3. The Morgan fingerprint density at radius 3 is 2.74 bits per heavy atom. The molecule has 0 unspecified atom stereocenters. The molecule has 10 heteroatoms. The number of thiophene rings is 1. The van der Waals surface area contributed by atoms with Crippen LogP contribution in [0.2, 0.25) is 0 Å². The number of anilines is 4. The molecule has 3 N–H and O–H groups in total. The molecular formula is C21H18N8S2. The summed E-state index contributed by atoms with van der Waals surface area (Å²) in [6.07, 6.45) is 1.79. The number of nitriles is 1. The summed E-state index contributed by atoms with van der Waals surface area (Å²) in [6, 6.07) is 10.2. The van der Waals surface area contributed by atoms with Crippen LogP contribution in [0, 0.1) is 11.3 Å². The molecule has 31 heavy (non-hydrogen) atoms. The van der Waals surface area contributed by atoms with Gasteiger partial charge in [0.05, 0.1) is 27.6 Å². The normalized spacial score (nSPS) is 11.7. The summed E-state index contributed by atoms with van der Waals surface area (Å²) in [7, 11) is 0. The Balaban J connectivity index is 1.51. The van der Waals surface area contributed by atoms with Crippen LogP contribution < -0.4 is 10.6 Å². The molecule has 0 saturated heterocycles. The molecule has 5 aromatic rings. The van der Waals surface area contributed by atoms with Gasteiger partial charge in [0.25, 0.3) is 0 Å². The third kappa shape index (κ3) is 3.69. The van der Waals surface area contributed by atoms with Gasteiger partial charge in [-0.25, -0.2) is 9.97 Å². The van der Waals surface area contributed by atoms with Crippen LogP contribution >= 0.6 is 22.7 Å². The van der Waals surface area contributed by atoms with E-state index in [1.165, 1.54) is 11.3 Å². The third-order valence-electron chi connectivity index (χ3n) is 4.66. The van der Waals surface area contributed by atoms with Crippen molar-refractivity contribution in [2.45, 2.75) is 26.2 Å². The summed E-state index contributed by atoms with van der Waals surface area (Å²) < 4.78 is 0.963. The number of thiazole rings is 1. The molecule has 0 bridgehead atoms. The second kappa shape index (κ2) is 7.30. The summed E-state index contributed by atoms with van der Waals surface area (Å²) in [5, 5.41) is 26.7. The summed E-state index contributed by atoms with van der Waals surface area (Å²) in [6.45, 7) is 6.12. The van der Waals surface area contributed by atoms with Gasteiger partial charge in [0.1, 0.15) is 10.9 Å². The number of aromatic nitrogens is 5. The molecule has 0 aliphatic heterocycles. The van der Waals surface area contributed by atoms with Gasteiger partial charge >= 0.3 is 0 Å². The lowest BCUT2D eigenvalue weighted by Gasteiger charge is -2.15. The van der Waals surface area contributed by atoms with E-state index in [1.54, 1.807) is 17.5 Å². The minimum absolute atomic E-state index is 0.224. The molecule has 0 amide bonds. The van der Waals surface area contributed by atoms with Crippen LogP contribution in [0.3, 0.4) is 0 Å². The van der Waals surface area contributed by atoms with Crippen molar-refractivity contribution in [1.29, 1.82) is 5.26 Å². The van der Waals surface area contributed by atoms with E-state index in [4.69, 9.17) is 4.98 Å². The molecule has 4 aromatic heterocycles. The van der Waals surface area contributed by atoms with Crippen molar-refractivity contribution in [2.75, 3.05) is 10.6 Å². The predicted molar refractivity (Wildman–Crippen MR) is 126 cm³/mol. The van der Waals surface area contributed by atoms with Crippen LogP contribution in [0.1, 0.15) is 31.3 Å². The van der Waals surface area contributed by atoms with Crippen molar-refractivity contribution in [3.8, 4) is 6.07 Å². The van der Waals surface area contributed by atoms with Gasteiger partial charge < -0.3 is 5.32 Å². The predicted octanol–water partition coefficient (Wildman–Crippen LogP) is 5.68. The van der Waals surface area contributed by atoms with Gasteiger partial charge in [0.15, 0.2) is 10.9 Å². The highest BCUT2D eigenvalue weighted by Crippen LogP contribution is 2.34. The first-order valence-electron chi connectivity index (χ1n) is 9.54. The fourth-order valence-corrected chi connectivity index (χ4v) is 4.96.